The van der Waals surface area contributed by atoms with Crippen LogP contribution in [0.2, 0.25) is 10.0 Å². The van der Waals surface area contributed by atoms with Gasteiger partial charge in [-0.25, -0.2) is 0 Å². The lowest BCUT2D eigenvalue weighted by Crippen LogP contribution is -2.40. The van der Waals surface area contributed by atoms with E-state index in [4.69, 9.17) is 27.9 Å². The van der Waals surface area contributed by atoms with Crippen molar-refractivity contribution in [1.82, 2.24) is 10.6 Å². The summed E-state index contributed by atoms with van der Waals surface area (Å²) in [6.45, 7) is 6.37. The lowest BCUT2D eigenvalue weighted by atomic mass is 10.0. The van der Waals surface area contributed by atoms with E-state index < -0.39 is 6.10 Å². The zero-order valence-corrected chi connectivity index (χ0v) is 17.6. The summed E-state index contributed by atoms with van der Waals surface area (Å²) in [5.74, 6) is 0.413. The van der Waals surface area contributed by atoms with Gasteiger partial charge < -0.3 is 15.4 Å². The maximum absolute atomic E-state index is 12.3. The first-order valence-electron chi connectivity index (χ1n) is 9.06. The Labute approximate surface area is 175 Å². The molecule has 0 spiro atoms. The highest BCUT2D eigenvalue weighted by atomic mass is 35.5. The number of benzene rings is 2. The Kier molecular flexibility index (Phi) is 8.15. The predicted molar refractivity (Wildman–Crippen MR) is 112 cm³/mol. The molecule has 1 atom stereocenters. The van der Waals surface area contributed by atoms with Gasteiger partial charge in [-0.05, 0) is 42.7 Å². The van der Waals surface area contributed by atoms with E-state index >= 15 is 0 Å². The second-order valence-electron chi connectivity index (χ2n) is 6.62. The van der Waals surface area contributed by atoms with Gasteiger partial charge in [0.15, 0.2) is 6.10 Å². The molecule has 5 nitrogen and oxygen atoms in total. The number of para-hydroxylation sites is 1. The third-order valence-electron chi connectivity index (χ3n) is 4.10. The Morgan fingerprint density at radius 3 is 2.36 bits per heavy atom. The normalized spacial score (nSPS) is 11.8. The third-order valence-corrected chi connectivity index (χ3v) is 4.65. The minimum atomic E-state index is -0.652. The fraction of sp³-hybridized carbons (Fsp3) is 0.333. The van der Waals surface area contributed by atoms with Crippen LogP contribution in [-0.2, 0) is 4.79 Å². The molecule has 0 aromatic heterocycles. The molecule has 2 amide bonds. The van der Waals surface area contributed by atoms with Gasteiger partial charge in [0.1, 0.15) is 5.75 Å². The van der Waals surface area contributed by atoms with Gasteiger partial charge >= 0.3 is 0 Å². The van der Waals surface area contributed by atoms with E-state index in [2.05, 4.69) is 24.5 Å². The van der Waals surface area contributed by atoms with Gasteiger partial charge in [0.2, 0.25) is 0 Å². The lowest BCUT2D eigenvalue weighted by molar-refractivity contribution is -0.127. The van der Waals surface area contributed by atoms with Gasteiger partial charge in [0, 0.05) is 18.1 Å². The average Bonchev–Trinajstić information content (AvgIpc) is 2.65. The monoisotopic (exact) mass is 422 g/mol. The van der Waals surface area contributed by atoms with E-state index in [9.17, 15) is 9.59 Å². The maximum atomic E-state index is 12.3. The van der Waals surface area contributed by atoms with Gasteiger partial charge in [-0.2, -0.15) is 0 Å². The Bertz CT molecular complexity index is 840. The summed E-state index contributed by atoms with van der Waals surface area (Å²) in [5.41, 5.74) is 1.38. The first-order chi connectivity index (χ1) is 13.3. The van der Waals surface area contributed by atoms with Gasteiger partial charge in [-0.15, -0.1) is 0 Å². The number of hydrogen-bond acceptors (Lipinski definition) is 3. The highest BCUT2D eigenvalue weighted by Crippen LogP contribution is 2.26. The van der Waals surface area contributed by atoms with Crippen LogP contribution in [0.5, 0.6) is 5.75 Å². The summed E-state index contributed by atoms with van der Waals surface area (Å²) in [7, 11) is 0. The molecule has 0 bridgehead atoms. The van der Waals surface area contributed by atoms with E-state index in [-0.39, 0.29) is 29.9 Å². The summed E-state index contributed by atoms with van der Waals surface area (Å²) in [4.78, 5) is 24.4. The van der Waals surface area contributed by atoms with E-state index in [1.165, 1.54) is 6.07 Å². The van der Waals surface area contributed by atoms with E-state index in [0.717, 1.165) is 5.56 Å². The summed E-state index contributed by atoms with van der Waals surface area (Å²) >= 11 is 11.8. The van der Waals surface area contributed by atoms with Crippen molar-refractivity contribution in [3.63, 3.8) is 0 Å². The molecule has 150 valence electrons. The van der Waals surface area contributed by atoms with Crippen LogP contribution < -0.4 is 15.4 Å². The molecular formula is C21H24Cl2N2O3. The largest absolute Gasteiger partial charge is 0.481 e. The lowest BCUT2D eigenvalue weighted by Gasteiger charge is -2.18. The standard InChI is InChI=1S/C21H24Cl2N2O3/c1-13(2)16-6-4-5-7-19(16)28-14(3)20(26)24-10-11-25-21(27)17-9-8-15(22)12-18(17)23/h4-9,12-14H,10-11H2,1-3H3,(H,24,26)(H,25,27). The number of carbonyl (C=O) groups excluding carboxylic acids is 2. The zero-order valence-electron chi connectivity index (χ0n) is 16.1. The van der Waals surface area contributed by atoms with Crippen LogP contribution in [0.15, 0.2) is 42.5 Å². The van der Waals surface area contributed by atoms with Crippen LogP contribution in [0.3, 0.4) is 0 Å². The highest BCUT2D eigenvalue weighted by molar-refractivity contribution is 6.36. The molecular weight excluding hydrogens is 399 g/mol. The van der Waals surface area contributed by atoms with Crippen molar-refractivity contribution in [2.75, 3.05) is 13.1 Å². The molecule has 0 radical (unpaired) electrons. The quantitative estimate of drug-likeness (QED) is 0.618. The molecule has 1 unspecified atom stereocenters. The van der Waals surface area contributed by atoms with Crippen molar-refractivity contribution in [2.45, 2.75) is 32.8 Å². The molecule has 0 aliphatic carbocycles. The number of hydrogen-bond donors (Lipinski definition) is 2. The Balaban J connectivity index is 1.80. The summed E-state index contributed by atoms with van der Waals surface area (Å²) in [6.07, 6.45) is -0.652. The summed E-state index contributed by atoms with van der Waals surface area (Å²) in [6, 6.07) is 12.3. The van der Waals surface area contributed by atoms with Crippen molar-refractivity contribution < 1.29 is 14.3 Å². The van der Waals surface area contributed by atoms with Crippen molar-refractivity contribution in [3.05, 3.63) is 63.6 Å². The molecule has 2 aromatic carbocycles. The van der Waals surface area contributed by atoms with Crippen molar-refractivity contribution in [3.8, 4) is 5.75 Å². The topological polar surface area (TPSA) is 67.4 Å². The number of rotatable bonds is 8. The van der Waals surface area contributed by atoms with Crippen LogP contribution >= 0.6 is 23.2 Å². The van der Waals surface area contributed by atoms with Crippen LogP contribution in [0.4, 0.5) is 0 Å². The second-order valence-corrected chi connectivity index (χ2v) is 7.47. The molecule has 28 heavy (non-hydrogen) atoms. The SMILES string of the molecule is CC(Oc1ccccc1C(C)C)C(=O)NCCNC(=O)c1ccc(Cl)cc1Cl. The molecule has 0 fully saturated rings. The molecule has 2 aromatic rings. The Morgan fingerprint density at radius 1 is 1.00 bits per heavy atom. The third kappa shape index (κ3) is 6.14. The number of amides is 2. The van der Waals surface area contributed by atoms with Crippen LogP contribution in [0.25, 0.3) is 0 Å². The number of nitrogens with one attached hydrogen (secondary N) is 2. The van der Waals surface area contributed by atoms with E-state index in [1.54, 1.807) is 19.1 Å². The summed E-state index contributed by atoms with van der Waals surface area (Å²) in [5, 5.41) is 6.19. The zero-order chi connectivity index (χ0) is 20.7. The van der Waals surface area contributed by atoms with Gasteiger partial charge in [-0.3, -0.25) is 9.59 Å². The van der Waals surface area contributed by atoms with Crippen molar-refractivity contribution in [2.24, 2.45) is 0 Å². The minimum absolute atomic E-state index is 0.252. The minimum Gasteiger partial charge on any atom is -0.481 e. The van der Waals surface area contributed by atoms with Gasteiger partial charge in [0.25, 0.3) is 11.8 Å². The molecule has 2 rings (SSSR count). The Hall–Kier alpha value is -2.24. The van der Waals surface area contributed by atoms with E-state index in [0.29, 0.717) is 22.3 Å². The number of carbonyl (C=O) groups is 2. The molecule has 0 saturated heterocycles. The predicted octanol–water partition coefficient (Wildman–Crippen LogP) is 4.43. The molecule has 0 heterocycles. The van der Waals surface area contributed by atoms with Gasteiger partial charge in [0.05, 0.1) is 10.6 Å². The fourth-order valence-electron chi connectivity index (χ4n) is 2.58. The fourth-order valence-corrected chi connectivity index (χ4v) is 3.08. The first kappa shape index (κ1) is 22.1. The highest BCUT2D eigenvalue weighted by Gasteiger charge is 2.17. The van der Waals surface area contributed by atoms with Crippen molar-refractivity contribution >= 4 is 35.0 Å². The smallest absolute Gasteiger partial charge is 0.260 e. The molecule has 7 heteroatoms. The summed E-state index contributed by atoms with van der Waals surface area (Å²) < 4.78 is 5.81. The number of halogens is 2. The van der Waals surface area contributed by atoms with E-state index in [1.807, 2.05) is 24.3 Å². The average molecular weight is 423 g/mol. The van der Waals surface area contributed by atoms with Crippen molar-refractivity contribution in [1.29, 1.82) is 0 Å². The molecule has 0 saturated carbocycles. The van der Waals surface area contributed by atoms with Crippen LogP contribution in [0.1, 0.15) is 42.6 Å². The second kappa shape index (κ2) is 10.3. The Morgan fingerprint density at radius 2 is 1.68 bits per heavy atom. The molecule has 0 aliphatic heterocycles. The molecule has 0 aliphatic rings. The first-order valence-corrected chi connectivity index (χ1v) is 9.81. The van der Waals surface area contributed by atoms with Crippen LogP contribution in [0, 0.1) is 0 Å². The van der Waals surface area contributed by atoms with Gasteiger partial charge in [-0.1, -0.05) is 55.2 Å². The maximum Gasteiger partial charge on any atom is 0.260 e. The molecule has 2 N–H and O–H groups in total. The number of ether oxygens (including phenoxy) is 1. The van der Waals surface area contributed by atoms with Crippen LogP contribution in [-0.4, -0.2) is 31.0 Å².